The van der Waals surface area contributed by atoms with Crippen molar-refractivity contribution in [2.45, 2.75) is 24.8 Å². The Hall–Kier alpha value is -2.07. The van der Waals surface area contributed by atoms with Crippen LogP contribution in [-0.2, 0) is 14.8 Å². The van der Waals surface area contributed by atoms with E-state index in [9.17, 15) is 13.2 Å². The van der Waals surface area contributed by atoms with Gasteiger partial charge in [0.25, 0.3) is 0 Å². The molecule has 0 radical (unpaired) electrons. The van der Waals surface area contributed by atoms with Gasteiger partial charge in [0, 0.05) is 22.7 Å². The predicted octanol–water partition coefficient (Wildman–Crippen LogP) is 2.96. The van der Waals surface area contributed by atoms with Crippen LogP contribution in [0.25, 0.3) is 6.08 Å². The van der Waals surface area contributed by atoms with Gasteiger partial charge < -0.3 is 5.32 Å². The lowest BCUT2D eigenvalue weighted by Gasteiger charge is -2.11. The van der Waals surface area contributed by atoms with Gasteiger partial charge in [-0.25, -0.2) is 13.1 Å². The summed E-state index contributed by atoms with van der Waals surface area (Å²) < 4.78 is 26.6. The zero-order valence-electron chi connectivity index (χ0n) is 14.2. The van der Waals surface area contributed by atoms with E-state index < -0.39 is 10.0 Å². The van der Waals surface area contributed by atoms with Crippen molar-refractivity contribution in [2.24, 2.45) is 0 Å². The van der Waals surface area contributed by atoms with Gasteiger partial charge in [0.2, 0.25) is 15.9 Å². The van der Waals surface area contributed by atoms with E-state index in [-0.39, 0.29) is 22.0 Å². The first-order valence-corrected chi connectivity index (χ1v) is 10.5. The van der Waals surface area contributed by atoms with Crippen molar-refractivity contribution in [2.75, 3.05) is 5.32 Å². The Morgan fingerprint density at radius 3 is 2.46 bits per heavy atom. The highest BCUT2D eigenvalue weighted by atomic mass is 32.2. The first kappa shape index (κ1) is 20.2. The Labute approximate surface area is 162 Å². The zero-order valence-corrected chi connectivity index (χ0v) is 16.7. The number of rotatable bonds is 6. The molecule has 0 saturated heterocycles. The number of amides is 1. The maximum atomic E-state index is 12.1. The van der Waals surface area contributed by atoms with Crippen LogP contribution in [0.1, 0.15) is 18.7 Å². The summed E-state index contributed by atoms with van der Waals surface area (Å²) >= 11 is 6.61. The lowest BCUT2D eigenvalue weighted by atomic mass is 10.3. The lowest BCUT2D eigenvalue weighted by molar-refractivity contribution is -0.115. The smallest absolute Gasteiger partial charge is 0.250 e. The molecule has 1 aromatic carbocycles. The summed E-state index contributed by atoms with van der Waals surface area (Å²) in [6.07, 6.45) is 3.09. The number of hydrogen-bond donors (Lipinski definition) is 3. The van der Waals surface area contributed by atoms with Gasteiger partial charge in [-0.15, -0.1) is 11.3 Å². The van der Waals surface area contributed by atoms with Crippen LogP contribution in [0.3, 0.4) is 0 Å². The zero-order chi connectivity index (χ0) is 19.2. The third kappa shape index (κ3) is 6.34. The molecule has 0 saturated carbocycles. The van der Waals surface area contributed by atoms with Crippen LogP contribution in [-0.4, -0.2) is 25.5 Å². The molecule has 0 unspecified atom stereocenters. The normalized spacial score (nSPS) is 11.7. The maximum Gasteiger partial charge on any atom is 0.250 e. The largest absolute Gasteiger partial charge is 0.332 e. The summed E-state index contributed by atoms with van der Waals surface area (Å²) in [7, 11) is -3.54. The van der Waals surface area contributed by atoms with Crippen LogP contribution < -0.4 is 15.4 Å². The summed E-state index contributed by atoms with van der Waals surface area (Å²) in [6, 6.07) is 9.69. The average Bonchev–Trinajstić information content (AvgIpc) is 3.05. The number of carbonyl (C=O) groups is 1. The second-order valence-electron chi connectivity index (χ2n) is 5.59. The molecular weight excluding hydrogens is 390 g/mol. The van der Waals surface area contributed by atoms with Crippen LogP contribution in [0.5, 0.6) is 0 Å². The molecule has 0 atom stereocenters. The molecule has 9 heteroatoms. The van der Waals surface area contributed by atoms with E-state index in [1.807, 2.05) is 17.5 Å². The number of thiophene rings is 1. The highest BCUT2D eigenvalue weighted by Gasteiger charge is 2.15. The third-order valence-electron chi connectivity index (χ3n) is 2.99. The van der Waals surface area contributed by atoms with Gasteiger partial charge in [0.05, 0.1) is 4.90 Å². The highest BCUT2D eigenvalue weighted by Crippen LogP contribution is 2.14. The van der Waals surface area contributed by atoms with Crippen molar-refractivity contribution in [3.8, 4) is 0 Å². The highest BCUT2D eigenvalue weighted by molar-refractivity contribution is 7.89. The lowest BCUT2D eigenvalue weighted by Crippen LogP contribution is -2.33. The number of nitrogens with one attached hydrogen (secondary N) is 3. The van der Waals surface area contributed by atoms with E-state index >= 15 is 0 Å². The van der Waals surface area contributed by atoms with E-state index in [4.69, 9.17) is 12.2 Å². The topological polar surface area (TPSA) is 87.3 Å². The summed E-state index contributed by atoms with van der Waals surface area (Å²) in [6.45, 7) is 3.50. The fourth-order valence-electron chi connectivity index (χ4n) is 1.96. The summed E-state index contributed by atoms with van der Waals surface area (Å²) in [5.74, 6) is -0.351. The molecule has 0 aliphatic carbocycles. The summed E-state index contributed by atoms with van der Waals surface area (Å²) in [5, 5.41) is 7.42. The monoisotopic (exact) mass is 409 g/mol. The van der Waals surface area contributed by atoms with Crippen molar-refractivity contribution in [3.05, 3.63) is 52.7 Å². The van der Waals surface area contributed by atoms with Gasteiger partial charge in [-0.2, -0.15) is 0 Å². The summed E-state index contributed by atoms with van der Waals surface area (Å²) in [4.78, 5) is 12.9. The van der Waals surface area contributed by atoms with Gasteiger partial charge in [0.15, 0.2) is 5.11 Å². The Morgan fingerprint density at radius 2 is 1.88 bits per heavy atom. The molecule has 0 aliphatic heterocycles. The minimum absolute atomic E-state index is 0.127. The minimum Gasteiger partial charge on any atom is -0.332 e. The van der Waals surface area contributed by atoms with Crippen LogP contribution in [0, 0.1) is 0 Å². The average molecular weight is 410 g/mol. The Kier molecular flexibility index (Phi) is 7.04. The molecular formula is C17H19N3O3S3. The number of carbonyl (C=O) groups excluding carboxylic acids is 1. The van der Waals surface area contributed by atoms with E-state index in [0.29, 0.717) is 5.69 Å². The SMILES string of the molecule is CC(C)NS(=O)(=O)c1ccc(NC(=S)NC(=O)/C=C/c2cccs2)cc1. The molecule has 0 aliphatic rings. The molecule has 6 nitrogen and oxygen atoms in total. The third-order valence-corrected chi connectivity index (χ3v) is 5.71. The van der Waals surface area contributed by atoms with E-state index in [2.05, 4.69) is 15.4 Å². The van der Waals surface area contributed by atoms with Crippen molar-refractivity contribution >= 4 is 56.4 Å². The van der Waals surface area contributed by atoms with E-state index in [0.717, 1.165) is 4.88 Å². The molecule has 1 heterocycles. The standard InChI is InChI=1S/C17H19N3O3S3/c1-12(2)20-26(22,23)15-8-5-13(6-9-15)18-17(24)19-16(21)10-7-14-4-3-11-25-14/h3-12,20H,1-2H3,(H2,18,19,21,24)/b10-7+. The van der Waals surface area contributed by atoms with Crippen LogP contribution in [0.2, 0.25) is 0 Å². The van der Waals surface area contributed by atoms with Crippen LogP contribution >= 0.6 is 23.6 Å². The molecule has 3 N–H and O–H groups in total. The summed E-state index contributed by atoms with van der Waals surface area (Å²) in [5.41, 5.74) is 0.570. The van der Waals surface area contributed by atoms with Crippen molar-refractivity contribution in [3.63, 3.8) is 0 Å². The van der Waals surface area contributed by atoms with Crippen LogP contribution in [0.15, 0.2) is 52.7 Å². The quantitative estimate of drug-likeness (QED) is 0.504. The first-order valence-electron chi connectivity index (χ1n) is 7.72. The second kappa shape index (κ2) is 9.04. The molecule has 0 spiro atoms. The molecule has 2 rings (SSSR count). The van der Waals surface area contributed by atoms with Gasteiger partial charge in [-0.1, -0.05) is 6.07 Å². The molecule has 0 bridgehead atoms. The minimum atomic E-state index is -3.54. The van der Waals surface area contributed by atoms with Gasteiger partial charge >= 0.3 is 0 Å². The fraction of sp³-hybridized carbons (Fsp3) is 0.176. The van der Waals surface area contributed by atoms with Gasteiger partial charge in [-0.3, -0.25) is 10.1 Å². The molecule has 2 aromatic rings. The van der Waals surface area contributed by atoms with E-state index in [1.54, 1.807) is 32.1 Å². The maximum absolute atomic E-state index is 12.1. The number of sulfonamides is 1. The van der Waals surface area contributed by atoms with Crippen molar-refractivity contribution in [1.29, 1.82) is 0 Å². The van der Waals surface area contributed by atoms with E-state index in [1.165, 1.54) is 29.5 Å². The van der Waals surface area contributed by atoms with Crippen LogP contribution in [0.4, 0.5) is 5.69 Å². The van der Waals surface area contributed by atoms with Crippen molar-refractivity contribution in [1.82, 2.24) is 10.0 Å². The molecule has 26 heavy (non-hydrogen) atoms. The Bertz CT molecular complexity index is 887. The molecule has 138 valence electrons. The first-order chi connectivity index (χ1) is 12.3. The van der Waals surface area contributed by atoms with Gasteiger partial charge in [0.1, 0.15) is 0 Å². The molecule has 1 amide bonds. The number of anilines is 1. The number of hydrogen-bond acceptors (Lipinski definition) is 5. The fourth-order valence-corrected chi connectivity index (χ4v) is 4.04. The number of benzene rings is 1. The molecule has 1 aromatic heterocycles. The van der Waals surface area contributed by atoms with Gasteiger partial charge in [-0.05, 0) is 67.9 Å². The number of thiocarbonyl (C=S) groups is 1. The van der Waals surface area contributed by atoms with Crippen molar-refractivity contribution < 1.29 is 13.2 Å². The Morgan fingerprint density at radius 1 is 1.19 bits per heavy atom. The predicted molar refractivity (Wildman–Crippen MR) is 110 cm³/mol. The molecule has 0 fully saturated rings. The Balaban J connectivity index is 1.92. The second-order valence-corrected chi connectivity index (χ2v) is 8.69.